The lowest BCUT2D eigenvalue weighted by Gasteiger charge is -2.13. The largest absolute Gasteiger partial charge is 0.480 e. The second-order valence-electron chi connectivity index (χ2n) is 3.49. The highest BCUT2D eigenvalue weighted by atomic mass is 19.1. The molecule has 0 radical (unpaired) electrons. The van der Waals surface area contributed by atoms with Gasteiger partial charge in [-0.15, -0.1) is 0 Å². The molecule has 19 heavy (non-hydrogen) atoms. The van der Waals surface area contributed by atoms with Crippen LogP contribution in [0.2, 0.25) is 0 Å². The summed E-state index contributed by atoms with van der Waals surface area (Å²) in [6.07, 6.45) is 0.592. The monoisotopic (exact) mass is 270 g/mol. The Morgan fingerprint density at radius 3 is 2.74 bits per heavy atom. The molecule has 0 aliphatic carbocycles. The van der Waals surface area contributed by atoms with Crippen molar-refractivity contribution in [3.05, 3.63) is 29.8 Å². The van der Waals surface area contributed by atoms with Crippen LogP contribution in [-0.4, -0.2) is 41.1 Å². The topological polar surface area (TPSA) is 106 Å². The average Bonchev–Trinajstić information content (AvgIpc) is 2.37. The number of carboxylic acids is 1. The maximum atomic E-state index is 13.2. The fraction of sp³-hybridized carbons (Fsp3) is 0.273. The molecule has 1 rings (SSSR count). The van der Waals surface area contributed by atoms with Gasteiger partial charge < -0.3 is 15.2 Å². The van der Waals surface area contributed by atoms with Gasteiger partial charge in [0.2, 0.25) is 5.95 Å². The number of hydrogen-bond donors (Lipinski definition) is 2. The van der Waals surface area contributed by atoms with Gasteiger partial charge in [0.25, 0.3) is 5.91 Å². The average molecular weight is 270 g/mol. The summed E-state index contributed by atoms with van der Waals surface area (Å²) in [6, 6.07) is 0.975. The van der Waals surface area contributed by atoms with Crippen molar-refractivity contribution in [3.63, 3.8) is 0 Å². The van der Waals surface area contributed by atoms with Gasteiger partial charge in [-0.25, -0.2) is 9.78 Å². The Morgan fingerprint density at radius 2 is 2.21 bits per heavy atom. The van der Waals surface area contributed by atoms with E-state index < -0.39 is 41.8 Å². The summed E-state index contributed by atoms with van der Waals surface area (Å²) in [5.74, 6) is -4.23. The van der Waals surface area contributed by atoms with Crippen LogP contribution < -0.4 is 5.32 Å². The van der Waals surface area contributed by atoms with Gasteiger partial charge in [-0.05, 0) is 12.1 Å². The Balaban J connectivity index is 2.80. The molecule has 0 saturated heterocycles. The van der Waals surface area contributed by atoms with Crippen LogP contribution in [-0.2, 0) is 14.3 Å². The van der Waals surface area contributed by atoms with E-state index in [9.17, 15) is 18.8 Å². The smallest absolute Gasteiger partial charge is 0.326 e. The van der Waals surface area contributed by atoms with Gasteiger partial charge in [0, 0.05) is 6.20 Å². The number of ether oxygens (including phenoxy) is 1. The van der Waals surface area contributed by atoms with Crippen molar-refractivity contribution in [2.45, 2.75) is 12.5 Å². The maximum absolute atomic E-state index is 13.2. The van der Waals surface area contributed by atoms with E-state index in [0.29, 0.717) is 0 Å². The number of esters is 1. The van der Waals surface area contributed by atoms with E-state index in [1.165, 1.54) is 6.07 Å². The zero-order valence-electron chi connectivity index (χ0n) is 9.92. The van der Waals surface area contributed by atoms with Gasteiger partial charge in [-0.1, -0.05) is 0 Å². The summed E-state index contributed by atoms with van der Waals surface area (Å²) < 4.78 is 17.5. The molecule has 102 valence electrons. The van der Waals surface area contributed by atoms with Crippen molar-refractivity contribution >= 4 is 17.8 Å². The van der Waals surface area contributed by atoms with Crippen LogP contribution in [0.4, 0.5) is 4.39 Å². The number of pyridine rings is 1. The van der Waals surface area contributed by atoms with Gasteiger partial charge in [-0.2, -0.15) is 4.39 Å². The first-order chi connectivity index (χ1) is 8.95. The molecule has 1 aromatic rings. The molecule has 2 N–H and O–H groups in total. The summed E-state index contributed by atoms with van der Waals surface area (Å²) in [6.45, 7) is 0. The highest BCUT2D eigenvalue weighted by Crippen LogP contribution is 2.04. The van der Waals surface area contributed by atoms with Gasteiger partial charge in [0.15, 0.2) is 0 Å². The number of amides is 1. The van der Waals surface area contributed by atoms with Gasteiger partial charge in [0.05, 0.1) is 19.1 Å². The minimum atomic E-state index is -1.50. The van der Waals surface area contributed by atoms with Crippen LogP contribution in [0.5, 0.6) is 0 Å². The number of halogens is 1. The predicted molar refractivity (Wildman–Crippen MR) is 59.7 cm³/mol. The number of rotatable bonds is 5. The quantitative estimate of drug-likeness (QED) is 0.574. The molecule has 0 aromatic carbocycles. The van der Waals surface area contributed by atoms with E-state index in [1.54, 1.807) is 0 Å². The van der Waals surface area contributed by atoms with Crippen LogP contribution in [0.3, 0.4) is 0 Å². The molecule has 1 aromatic heterocycles. The number of nitrogens with one attached hydrogen (secondary N) is 1. The maximum Gasteiger partial charge on any atom is 0.326 e. The minimum absolute atomic E-state index is 0.404. The van der Waals surface area contributed by atoms with Crippen molar-refractivity contribution in [2.24, 2.45) is 0 Å². The first kappa shape index (κ1) is 14.6. The van der Waals surface area contributed by atoms with Crippen LogP contribution in [0.15, 0.2) is 18.3 Å². The molecule has 8 heteroatoms. The molecule has 7 nitrogen and oxygen atoms in total. The summed E-state index contributed by atoms with van der Waals surface area (Å²) in [5, 5.41) is 10.9. The van der Waals surface area contributed by atoms with Crippen molar-refractivity contribution in [1.82, 2.24) is 10.3 Å². The number of aliphatic carboxylic acids is 1. The number of methoxy groups -OCH3 is 1. The molecule has 0 unspecified atom stereocenters. The fourth-order valence-corrected chi connectivity index (χ4v) is 1.24. The highest BCUT2D eigenvalue weighted by Gasteiger charge is 2.25. The van der Waals surface area contributed by atoms with E-state index in [4.69, 9.17) is 5.11 Å². The van der Waals surface area contributed by atoms with E-state index in [0.717, 1.165) is 19.4 Å². The molecular weight excluding hydrogens is 259 g/mol. The van der Waals surface area contributed by atoms with E-state index in [2.05, 4.69) is 9.72 Å². The number of aromatic nitrogens is 1. The lowest BCUT2D eigenvalue weighted by atomic mass is 10.2. The van der Waals surface area contributed by atoms with Gasteiger partial charge in [0.1, 0.15) is 6.04 Å². The zero-order valence-corrected chi connectivity index (χ0v) is 9.92. The number of carboxylic acid groups (broad SMARTS) is 1. The summed E-state index contributed by atoms with van der Waals surface area (Å²) in [5.41, 5.74) is -0.404. The first-order valence-electron chi connectivity index (χ1n) is 5.16. The first-order valence-corrected chi connectivity index (χ1v) is 5.16. The van der Waals surface area contributed by atoms with E-state index in [1.807, 2.05) is 5.32 Å². The van der Waals surface area contributed by atoms with Crippen LogP contribution >= 0.6 is 0 Å². The Bertz CT molecular complexity index is 506. The number of carbonyl (C=O) groups is 3. The van der Waals surface area contributed by atoms with Crippen LogP contribution in [0.1, 0.15) is 16.8 Å². The second-order valence-corrected chi connectivity index (χ2v) is 3.49. The predicted octanol–water partition coefficient (Wildman–Crippen LogP) is -0.0332. The molecule has 0 aliphatic heterocycles. The van der Waals surface area contributed by atoms with Crippen molar-refractivity contribution in [3.8, 4) is 0 Å². The number of hydrogen-bond acceptors (Lipinski definition) is 5. The minimum Gasteiger partial charge on any atom is -0.480 e. The summed E-state index contributed by atoms with van der Waals surface area (Å²) >= 11 is 0. The lowest BCUT2D eigenvalue weighted by molar-refractivity contribution is -0.147. The van der Waals surface area contributed by atoms with Crippen molar-refractivity contribution in [1.29, 1.82) is 0 Å². The van der Waals surface area contributed by atoms with Crippen molar-refractivity contribution < 1.29 is 28.6 Å². The Morgan fingerprint density at radius 1 is 1.53 bits per heavy atom. The molecule has 1 atom stereocenters. The van der Waals surface area contributed by atoms with Gasteiger partial charge >= 0.3 is 11.9 Å². The third-order valence-corrected chi connectivity index (χ3v) is 2.21. The fourth-order valence-electron chi connectivity index (χ4n) is 1.24. The van der Waals surface area contributed by atoms with Crippen LogP contribution in [0, 0.1) is 5.95 Å². The molecule has 0 saturated carbocycles. The molecule has 1 amide bonds. The summed E-state index contributed by atoms with van der Waals surface area (Å²) in [4.78, 5) is 36.8. The van der Waals surface area contributed by atoms with E-state index in [-0.39, 0.29) is 0 Å². The normalized spacial score (nSPS) is 11.5. The van der Waals surface area contributed by atoms with Crippen LogP contribution in [0.25, 0.3) is 0 Å². The molecule has 0 aliphatic rings. The lowest BCUT2D eigenvalue weighted by Crippen LogP contribution is -2.42. The standard InChI is InChI=1S/C11H11FN2O5/c1-19-8(15)5-7(11(17)18)14-10(16)6-3-2-4-13-9(6)12/h2-4,7H,5H2,1H3,(H,14,16)(H,17,18)/t7-/m0/s1. The Hall–Kier alpha value is -2.51. The van der Waals surface area contributed by atoms with Crippen molar-refractivity contribution in [2.75, 3.05) is 7.11 Å². The highest BCUT2D eigenvalue weighted by molar-refractivity contribution is 5.97. The number of carbonyl (C=O) groups excluding carboxylic acids is 2. The molecular formula is C11H11FN2O5. The number of nitrogens with zero attached hydrogens (tertiary/aromatic N) is 1. The zero-order chi connectivity index (χ0) is 14.4. The molecule has 0 bridgehead atoms. The molecule has 0 fully saturated rings. The second kappa shape index (κ2) is 6.43. The Labute approximate surface area is 107 Å². The van der Waals surface area contributed by atoms with Gasteiger partial charge in [-0.3, -0.25) is 9.59 Å². The SMILES string of the molecule is COC(=O)C[C@H](NC(=O)c1cccnc1F)C(=O)O. The van der Waals surface area contributed by atoms with E-state index >= 15 is 0 Å². The third kappa shape index (κ3) is 4.02. The molecule has 0 spiro atoms. The Kier molecular flexibility index (Phi) is 4.92. The molecule has 1 heterocycles. The third-order valence-electron chi connectivity index (χ3n) is 2.21. The summed E-state index contributed by atoms with van der Waals surface area (Å²) in [7, 11) is 1.09.